The van der Waals surface area contributed by atoms with Crippen molar-refractivity contribution in [2.24, 2.45) is 0 Å². The first kappa shape index (κ1) is 19.4. The fourth-order valence-corrected chi connectivity index (χ4v) is 3.80. The normalized spacial score (nSPS) is 18.3. The third-order valence-electron chi connectivity index (χ3n) is 5.53. The molecule has 8 nitrogen and oxygen atoms in total. The maximum atomic E-state index is 12.4. The summed E-state index contributed by atoms with van der Waals surface area (Å²) in [5.41, 5.74) is 0. The molecule has 0 radical (unpaired) electrons. The summed E-state index contributed by atoms with van der Waals surface area (Å²) in [4.78, 5) is 38.9. The van der Waals surface area contributed by atoms with Crippen LogP contribution in [-0.4, -0.2) is 77.5 Å². The van der Waals surface area contributed by atoms with E-state index in [-0.39, 0.29) is 11.9 Å². The van der Waals surface area contributed by atoms with Crippen LogP contribution in [0.1, 0.15) is 38.5 Å². The van der Waals surface area contributed by atoms with Crippen molar-refractivity contribution in [3.8, 4) is 0 Å². The molecule has 0 aromatic carbocycles. The van der Waals surface area contributed by atoms with E-state index in [1.165, 1.54) is 19.3 Å². The molecular weight excluding hydrogens is 344 g/mol. The van der Waals surface area contributed by atoms with Crippen molar-refractivity contribution in [3.63, 3.8) is 0 Å². The van der Waals surface area contributed by atoms with Crippen LogP contribution in [0.15, 0.2) is 18.5 Å². The molecule has 2 heterocycles. The molecule has 0 atom stereocenters. The van der Waals surface area contributed by atoms with Gasteiger partial charge in [0.1, 0.15) is 0 Å². The minimum atomic E-state index is -0.0688. The lowest BCUT2D eigenvalue weighted by molar-refractivity contribution is -0.131. The van der Waals surface area contributed by atoms with E-state index in [0.717, 1.165) is 25.9 Å². The van der Waals surface area contributed by atoms with E-state index in [1.807, 2.05) is 16.8 Å². The SMILES string of the molecule is CN(C(=O)NCCC(=O)N1CCN(c2ncccn2)CC1)C1CCCCC1. The number of piperazine rings is 1. The first-order chi connectivity index (χ1) is 13.1. The summed E-state index contributed by atoms with van der Waals surface area (Å²) in [6, 6.07) is 2.06. The number of anilines is 1. The minimum Gasteiger partial charge on any atom is -0.339 e. The predicted octanol–water partition coefficient (Wildman–Crippen LogP) is 1.49. The molecule has 3 rings (SSSR count). The Morgan fingerprint density at radius 2 is 1.78 bits per heavy atom. The van der Waals surface area contributed by atoms with Crippen molar-refractivity contribution in [1.29, 1.82) is 0 Å². The maximum Gasteiger partial charge on any atom is 0.317 e. The highest BCUT2D eigenvalue weighted by Crippen LogP contribution is 2.21. The highest BCUT2D eigenvalue weighted by Gasteiger charge is 2.24. The van der Waals surface area contributed by atoms with Crippen LogP contribution >= 0.6 is 0 Å². The Balaban J connectivity index is 1.35. The quantitative estimate of drug-likeness (QED) is 0.844. The third-order valence-corrected chi connectivity index (χ3v) is 5.53. The molecule has 1 aromatic heterocycles. The number of rotatable bonds is 5. The highest BCUT2D eigenvalue weighted by molar-refractivity contribution is 5.78. The molecule has 1 aliphatic carbocycles. The predicted molar refractivity (Wildman–Crippen MR) is 103 cm³/mol. The Hall–Kier alpha value is -2.38. The average molecular weight is 374 g/mol. The van der Waals surface area contributed by atoms with Crippen molar-refractivity contribution in [1.82, 2.24) is 25.1 Å². The lowest BCUT2D eigenvalue weighted by Gasteiger charge is -2.35. The topological polar surface area (TPSA) is 81.7 Å². The highest BCUT2D eigenvalue weighted by atomic mass is 16.2. The number of nitrogens with one attached hydrogen (secondary N) is 1. The van der Waals surface area contributed by atoms with Crippen LogP contribution in [0, 0.1) is 0 Å². The van der Waals surface area contributed by atoms with Crippen LogP contribution in [0.25, 0.3) is 0 Å². The summed E-state index contributed by atoms with van der Waals surface area (Å²) >= 11 is 0. The molecule has 8 heteroatoms. The molecular formula is C19H30N6O2. The Labute approximate surface area is 160 Å². The molecule has 148 valence electrons. The Bertz CT molecular complexity index is 612. The van der Waals surface area contributed by atoms with Gasteiger partial charge in [-0.25, -0.2) is 14.8 Å². The van der Waals surface area contributed by atoms with E-state index in [4.69, 9.17) is 0 Å². The third kappa shape index (κ3) is 5.30. The summed E-state index contributed by atoms with van der Waals surface area (Å²) in [6.45, 7) is 3.16. The fourth-order valence-electron chi connectivity index (χ4n) is 3.80. The number of aromatic nitrogens is 2. The van der Waals surface area contributed by atoms with Crippen LogP contribution < -0.4 is 10.2 Å². The monoisotopic (exact) mass is 374 g/mol. The molecule has 27 heavy (non-hydrogen) atoms. The van der Waals surface area contributed by atoms with Gasteiger partial charge in [0.05, 0.1) is 0 Å². The fraction of sp³-hybridized carbons (Fsp3) is 0.684. The number of carbonyl (C=O) groups excluding carboxylic acids is 2. The Kier molecular flexibility index (Phi) is 6.84. The van der Waals surface area contributed by atoms with Crippen molar-refractivity contribution in [2.45, 2.75) is 44.6 Å². The van der Waals surface area contributed by atoms with Crippen LogP contribution in [0.3, 0.4) is 0 Å². The Morgan fingerprint density at radius 1 is 1.11 bits per heavy atom. The van der Waals surface area contributed by atoms with E-state index in [0.29, 0.717) is 38.0 Å². The van der Waals surface area contributed by atoms with Crippen LogP contribution in [-0.2, 0) is 4.79 Å². The Morgan fingerprint density at radius 3 is 2.44 bits per heavy atom. The van der Waals surface area contributed by atoms with Crippen LogP contribution in [0.4, 0.5) is 10.7 Å². The lowest BCUT2D eigenvalue weighted by Crippen LogP contribution is -2.50. The van der Waals surface area contributed by atoms with Gasteiger partial charge in [-0.1, -0.05) is 19.3 Å². The van der Waals surface area contributed by atoms with Gasteiger partial charge in [-0.05, 0) is 18.9 Å². The number of hydrogen-bond donors (Lipinski definition) is 1. The minimum absolute atomic E-state index is 0.0688. The molecule has 3 amide bonds. The summed E-state index contributed by atoms with van der Waals surface area (Å²) < 4.78 is 0. The molecule has 1 aromatic rings. The second-order valence-corrected chi connectivity index (χ2v) is 7.30. The number of hydrogen-bond acceptors (Lipinski definition) is 5. The van der Waals surface area contributed by atoms with Crippen molar-refractivity contribution >= 4 is 17.9 Å². The zero-order valence-corrected chi connectivity index (χ0v) is 16.1. The first-order valence-corrected chi connectivity index (χ1v) is 9.95. The zero-order valence-electron chi connectivity index (χ0n) is 16.1. The standard InChI is InChI=1S/C19H30N6O2/c1-23(16-6-3-2-4-7-16)19(27)22-11-8-17(26)24-12-14-25(15-13-24)18-20-9-5-10-21-18/h5,9-10,16H,2-4,6-8,11-15H2,1H3,(H,22,27). The maximum absolute atomic E-state index is 12.4. The summed E-state index contributed by atoms with van der Waals surface area (Å²) in [7, 11) is 1.86. The molecule has 2 fully saturated rings. The second kappa shape index (κ2) is 9.53. The van der Waals surface area contributed by atoms with Gasteiger partial charge in [-0.15, -0.1) is 0 Å². The van der Waals surface area contributed by atoms with Crippen molar-refractivity contribution in [2.75, 3.05) is 44.7 Å². The van der Waals surface area contributed by atoms with E-state index in [2.05, 4.69) is 20.2 Å². The van der Waals surface area contributed by atoms with Gasteiger partial charge >= 0.3 is 6.03 Å². The van der Waals surface area contributed by atoms with Gasteiger partial charge < -0.3 is 20.0 Å². The number of amides is 3. The van der Waals surface area contributed by atoms with Gasteiger partial charge in [0.2, 0.25) is 11.9 Å². The molecule has 1 aliphatic heterocycles. The van der Waals surface area contributed by atoms with Gasteiger partial charge in [0, 0.05) is 64.6 Å². The number of carbonyl (C=O) groups is 2. The zero-order chi connectivity index (χ0) is 19.1. The molecule has 2 aliphatic rings. The smallest absolute Gasteiger partial charge is 0.317 e. The summed E-state index contributed by atoms with van der Waals surface area (Å²) in [6.07, 6.45) is 9.62. The van der Waals surface area contributed by atoms with E-state index in [1.54, 1.807) is 18.5 Å². The second-order valence-electron chi connectivity index (χ2n) is 7.30. The van der Waals surface area contributed by atoms with E-state index >= 15 is 0 Å². The number of urea groups is 1. The van der Waals surface area contributed by atoms with Gasteiger partial charge in [0.15, 0.2) is 0 Å². The van der Waals surface area contributed by atoms with Crippen LogP contribution in [0.2, 0.25) is 0 Å². The molecule has 0 bridgehead atoms. The summed E-state index contributed by atoms with van der Waals surface area (Å²) in [5.74, 6) is 0.798. The summed E-state index contributed by atoms with van der Waals surface area (Å²) in [5, 5.41) is 2.89. The molecule has 0 unspecified atom stereocenters. The largest absolute Gasteiger partial charge is 0.339 e. The molecule has 1 saturated heterocycles. The van der Waals surface area contributed by atoms with Crippen LogP contribution in [0.5, 0.6) is 0 Å². The molecule has 1 N–H and O–H groups in total. The average Bonchev–Trinajstić information content (AvgIpc) is 2.74. The van der Waals surface area contributed by atoms with E-state index < -0.39 is 0 Å². The van der Waals surface area contributed by atoms with Crippen molar-refractivity contribution in [3.05, 3.63) is 18.5 Å². The molecule has 0 spiro atoms. The first-order valence-electron chi connectivity index (χ1n) is 9.95. The van der Waals surface area contributed by atoms with Crippen molar-refractivity contribution < 1.29 is 9.59 Å². The molecule has 1 saturated carbocycles. The van der Waals surface area contributed by atoms with E-state index in [9.17, 15) is 9.59 Å². The van der Waals surface area contributed by atoms with Gasteiger partial charge in [0.25, 0.3) is 0 Å². The van der Waals surface area contributed by atoms with Gasteiger partial charge in [-0.3, -0.25) is 4.79 Å². The van der Waals surface area contributed by atoms with Gasteiger partial charge in [-0.2, -0.15) is 0 Å². The number of nitrogens with zero attached hydrogens (tertiary/aromatic N) is 5. The lowest BCUT2D eigenvalue weighted by atomic mass is 9.95.